The maximum atomic E-state index is 5.86. The van der Waals surface area contributed by atoms with Crippen LogP contribution in [0.3, 0.4) is 0 Å². The molecular formula is C13H19N3O. The summed E-state index contributed by atoms with van der Waals surface area (Å²) >= 11 is 0. The second kappa shape index (κ2) is 4.26. The largest absolute Gasteiger partial charge is 0.384 e. The van der Waals surface area contributed by atoms with Gasteiger partial charge in [-0.25, -0.2) is 9.97 Å². The van der Waals surface area contributed by atoms with Crippen LogP contribution in [0.25, 0.3) is 0 Å². The Morgan fingerprint density at radius 3 is 2.94 bits per heavy atom. The molecule has 4 heteroatoms. The number of ether oxygens (including phenoxy) is 1. The molecule has 4 nitrogen and oxygen atoms in total. The highest BCUT2D eigenvalue weighted by Crippen LogP contribution is 2.43. The van der Waals surface area contributed by atoms with E-state index in [1.165, 1.54) is 6.42 Å². The number of aryl methyl sites for hydroxylation is 1. The third-order valence-corrected chi connectivity index (χ3v) is 3.76. The third kappa shape index (κ3) is 2.02. The van der Waals surface area contributed by atoms with E-state index in [0.29, 0.717) is 23.9 Å². The third-order valence-electron chi connectivity index (χ3n) is 3.76. The molecule has 0 aromatic carbocycles. The molecule has 3 atom stereocenters. The van der Waals surface area contributed by atoms with Crippen LogP contribution in [-0.4, -0.2) is 22.2 Å². The fraction of sp³-hybridized carbons (Fsp3) is 0.692. The first-order valence-corrected chi connectivity index (χ1v) is 6.55. The molecule has 0 spiro atoms. The summed E-state index contributed by atoms with van der Waals surface area (Å²) < 4.78 is 5.86. The van der Waals surface area contributed by atoms with Gasteiger partial charge < -0.3 is 10.5 Å². The summed E-state index contributed by atoms with van der Waals surface area (Å²) in [5, 5.41) is 0. The highest BCUT2D eigenvalue weighted by atomic mass is 16.5. The Balaban J connectivity index is 1.87. The van der Waals surface area contributed by atoms with Crippen molar-refractivity contribution in [2.45, 2.75) is 57.2 Å². The number of fused-ring (bicyclic) bond motifs is 2. The van der Waals surface area contributed by atoms with Gasteiger partial charge in [-0.2, -0.15) is 0 Å². The van der Waals surface area contributed by atoms with E-state index in [-0.39, 0.29) is 0 Å². The van der Waals surface area contributed by atoms with Crippen molar-refractivity contribution in [3.05, 3.63) is 17.6 Å². The van der Waals surface area contributed by atoms with Crippen molar-refractivity contribution in [1.29, 1.82) is 0 Å². The molecule has 1 aromatic rings. The minimum absolute atomic E-state index is 0.330. The lowest BCUT2D eigenvalue weighted by molar-refractivity contribution is 0.0998. The van der Waals surface area contributed by atoms with Crippen molar-refractivity contribution in [3.63, 3.8) is 0 Å². The molecule has 1 aromatic heterocycles. The number of nitrogens with zero attached hydrogens (tertiary/aromatic N) is 2. The number of hydrogen-bond donors (Lipinski definition) is 1. The lowest BCUT2D eigenvalue weighted by atomic mass is 9.88. The van der Waals surface area contributed by atoms with Crippen LogP contribution in [0.5, 0.6) is 0 Å². The van der Waals surface area contributed by atoms with Crippen LogP contribution in [0.1, 0.15) is 50.0 Å². The van der Waals surface area contributed by atoms with Gasteiger partial charge in [0, 0.05) is 17.7 Å². The summed E-state index contributed by atoms with van der Waals surface area (Å²) in [7, 11) is 0. The minimum Gasteiger partial charge on any atom is -0.384 e. The molecule has 3 heterocycles. The number of nitrogen functional groups attached to an aromatic ring is 1. The first-order valence-electron chi connectivity index (χ1n) is 6.55. The quantitative estimate of drug-likeness (QED) is 0.868. The molecule has 2 N–H and O–H groups in total. The fourth-order valence-corrected chi connectivity index (χ4v) is 3.00. The molecule has 0 radical (unpaired) electrons. The molecule has 0 saturated carbocycles. The van der Waals surface area contributed by atoms with Crippen LogP contribution in [0, 0.1) is 0 Å². The SMILES string of the molecule is CCCc1cc(N)nc(C2CC3CCC2O3)n1. The molecule has 2 aliphatic heterocycles. The molecule has 3 rings (SSSR count). The van der Waals surface area contributed by atoms with Crippen molar-refractivity contribution in [2.75, 3.05) is 5.73 Å². The smallest absolute Gasteiger partial charge is 0.136 e. The summed E-state index contributed by atoms with van der Waals surface area (Å²) in [6.45, 7) is 2.15. The van der Waals surface area contributed by atoms with E-state index >= 15 is 0 Å². The van der Waals surface area contributed by atoms with Gasteiger partial charge in [0.1, 0.15) is 11.6 Å². The Morgan fingerprint density at radius 2 is 2.29 bits per heavy atom. The Morgan fingerprint density at radius 1 is 1.41 bits per heavy atom. The van der Waals surface area contributed by atoms with E-state index in [9.17, 15) is 0 Å². The number of aromatic nitrogens is 2. The van der Waals surface area contributed by atoms with Crippen LogP contribution in [0.15, 0.2) is 6.07 Å². The zero-order chi connectivity index (χ0) is 11.8. The summed E-state index contributed by atoms with van der Waals surface area (Å²) in [5.74, 6) is 1.87. The van der Waals surface area contributed by atoms with E-state index < -0.39 is 0 Å². The molecular weight excluding hydrogens is 214 g/mol. The van der Waals surface area contributed by atoms with Gasteiger partial charge >= 0.3 is 0 Å². The Bertz CT molecular complexity index is 421. The lowest BCUT2D eigenvalue weighted by Crippen LogP contribution is -2.18. The zero-order valence-electron chi connectivity index (χ0n) is 10.2. The Hall–Kier alpha value is -1.16. The average molecular weight is 233 g/mol. The number of anilines is 1. The topological polar surface area (TPSA) is 61.0 Å². The number of nitrogens with two attached hydrogens (primary N) is 1. The Kier molecular flexibility index (Phi) is 2.74. The average Bonchev–Trinajstić information content (AvgIpc) is 2.90. The molecule has 92 valence electrons. The van der Waals surface area contributed by atoms with Crippen LogP contribution < -0.4 is 5.73 Å². The normalized spacial score (nSPS) is 31.0. The minimum atomic E-state index is 0.330. The van der Waals surface area contributed by atoms with Crippen LogP contribution in [-0.2, 0) is 11.2 Å². The molecule has 0 amide bonds. The molecule has 2 fully saturated rings. The van der Waals surface area contributed by atoms with E-state index in [0.717, 1.165) is 37.2 Å². The van der Waals surface area contributed by atoms with E-state index in [4.69, 9.17) is 10.5 Å². The standard InChI is InChI=1S/C13H19N3O/c1-2-3-8-6-12(14)16-13(15-8)10-7-9-4-5-11(10)17-9/h6,9-11H,2-5,7H2,1H3,(H2,14,15,16). The molecule has 2 bridgehead atoms. The molecule has 2 saturated heterocycles. The van der Waals surface area contributed by atoms with E-state index in [1.807, 2.05) is 6.07 Å². The molecule has 3 unspecified atom stereocenters. The van der Waals surface area contributed by atoms with Crippen LogP contribution in [0.4, 0.5) is 5.82 Å². The summed E-state index contributed by atoms with van der Waals surface area (Å²) in [4.78, 5) is 9.06. The predicted octanol–water partition coefficient (Wildman–Crippen LogP) is 2.05. The van der Waals surface area contributed by atoms with Crippen molar-refractivity contribution in [1.82, 2.24) is 9.97 Å². The van der Waals surface area contributed by atoms with Crippen molar-refractivity contribution < 1.29 is 4.74 Å². The maximum absolute atomic E-state index is 5.86. The van der Waals surface area contributed by atoms with Gasteiger partial charge in [0.05, 0.1) is 12.2 Å². The first kappa shape index (κ1) is 11.0. The maximum Gasteiger partial charge on any atom is 0.136 e. The first-order chi connectivity index (χ1) is 8.26. The van der Waals surface area contributed by atoms with Crippen molar-refractivity contribution >= 4 is 5.82 Å². The van der Waals surface area contributed by atoms with Gasteiger partial charge in [0.15, 0.2) is 0 Å². The van der Waals surface area contributed by atoms with Gasteiger partial charge in [-0.1, -0.05) is 13.3 Å². The molecule has 2 aliphatic rings. The van der Waals surface area contributed by atoms with Gasteiger partial charge in [-0.05, 0) is 25.7 Å². The van der Waals surface area contributed by atoms with Gasteiger partial charge in [-0.15, -0.1) is 0 Å². The number of hydrogen-bond acceptors (Lipinski definition) is 4. The second-order valence-electron chi connectivity index (χ2n) is 5.11. The van der Waals surface area contributed by atoms with E-state index in [2.05, 4.69) is 16.9 Å². The summed E-state index contributed by atoms with van der Waals surface area (Å²) in [6, 6.07) is 1.89. The second-order valence-corrected chi connectivity index (χ2v) is 5.11. The highest BCUT2D eigenvalue weighted by molar-refractivity contribution is 5.31. The van der Waals surface area contributed by atoms with Gasteiger partial charge in [-0.3, -0.25) is 0 Å². The van der Waals surface area contributed by atoms with Crippen molar-refractivity contribution in [2.24, 2.45) is 0 Å². The number of rotatable bonds is 3. The zero-order valence-corrected chi connectivity index (χ0v) is 10.2. The molecule has 0 aliphatic carbocycles. The molecule has 17 heavy (non-hydrogen) atoms. The van der Waals surface area contributed by atoms with E-state index in [1.54, 1.807) is 0 Å². The monoisotopic (exact) mass is 233 g/mol. The van der Waals surface area contributed by atoms with Crippen LogP contribution in [0.2, 0.25) is 0 Å². The highest BCUT2D eigenvalue weighted by Gasteiger charge is 2.43. The van der Waals surface area contributed by atoms with Crippen molar-refractivity contribution in [3.8, 4) is 0 Å². The van der Waals surface area contributed by atoms with Gasteiger partial charge in [0.25, 0.3) is 0 Å². The summed E-state index contributed by atoms with van der Waals surface area (Å²) in [6.07, 6.45) is 6.24. The van der Waals surface area contributed by atoms with Gasteiger partial charge in [0.2, 0.25) is 0 Å². The van der Waals surface area contributed by atoms with Crippen LogP contribution >= 0.6 is 0 Å². The Labute approximate surface area is 102 Å². The predicted molar refractivity (Wildman–Crippen MR) is 65.7 cm³/mol. The fourth-order valence-electron chi connectivity index (χ4n) is 3.00. The summed E-state index contributed by atoms with van der Waals surface area (Å²) in [5.41, 5.74) is 6.93. The lowest BCUT2D eigenvalue weighted by Gasteiger charge is -2.17.